The van der Waals surface area contributed by atoms with Crippen LogP contribution in [0.1, 0.15) is 36.8 Å². The van der Waals surface area contributed by atoms with Gasteiger partial charge in [-0.2, -0.15) is 13.2 Å². The van der Waals surface area contributed by atoms with E-state index in [-0.39, 0.29) is 18.1 Å². The second-order valence-electron chi connectivity index (χ2n) is 9.42. The molecule has 3 aromatic rings. The molecule has 222 valence electrons. The quantitative estimate of drug-likeness (QED) is 0.275. The third kappa shape index (κ3) is 7.29. The minimum Gasteiger partial charge on any atom is -0.475 e. The number of rotatable bonds is 8. The molecule has 2 aliphatic rings. The summed E-state index contributed by atoms with van der Waals surface area (Å²) in [6.45, 7) is 0.638. The van der Waals surface area contributed by atoms with Gasteiger partial charge in [0, 0.05) is 41.8 Å². The van der Waals surface area contributed by atoms with Crippen molar-refractivity contribution in [1.82, 2.24) is 9.88 Å². The van der Waals surface area contributed by atoms with E-state index in [1.165, 1.54) is 42.6 Å². The fourth-order valence-corrected chi connectivity index (χ4v) is 6.66. The highest BCUT2D eigenvalue weighted by Gasteiger charge is 2.39. The van der Waals surface area contributed by atoms with Gasteiger partial charge < -0.3 is 10.4 Å². The number of benzene rings is 2. The molecular weight excluding hydrogens is 598 g/mol. The molecule has 0 saturated carbocycles. The highest BCUT2D eigenvalue weighted by molar-refractivity contribution is 7.92. The number of fused-ring (bicyclic) bond motifs is 2. The van der Waals surface area contributed by atoms with E-state index in [0.717, 1.165) is 29.0 Å². The number of aliphatic carboxylic acids is 1. The van der Waals surface area contributed by atoms with Crippen molar-refractivity contribution < 1.29 is 44.7 Å². The van der Waals surface area contributed by atoms with E-state index < -0.39 is 44.5 Å². The number of thiazole rings is 1. The molecule has 8 nitrogen and oxygen atoms in total. The Labute approximate surface area is 235 Å². The van der Waals surface area contributed by atoms with Gasteiger partial charge in [-0.3, -0.25) is 9.62 Å². The lowest BCUT2D eigenvalue weighted by atomic mass is 10.0. The average Bonchev–Trinajstić information content (AvgIpc) is 3.61. The van der Waals surface area contributed by atoms with E-state index >= 15 is 0 Å². The van der Waals surface area contributed by atoms with Crippen LogP contribution in [0.3, 0.4) is 0 Å². The van der Waals surface area contributed by atoms with Crippen LogP contribution in [0, 0.1) is 17.5 Å². The monoisotopic (exact) mass is 622 g/mol. The van der Waals surface area contributed by atoms with E-state index in [1.54, 1.807) is 6.07 Å². The normalized spacial score (nSPS) is 18.6. The van der Waals surface area contributed by atoms with Gasteiger partial charge in [-0.05, 0) is 49.4 Å². The Hall–Kier alpha value is -3.37. The molecule has 0 unspecified atom stereocenters. The highest BCUT2D eigenvalue weighted by atomic mass is 32.2. The summed E-state index contributed by atoms with van der Waals surface area (Å²) in [5.41, 5.74) is 2.66. The van der Waals surface area contributed by atoms with Crippen molar-refractivity contribution in [2.45, 2.75) is 61.9 Å². The zero-order valence-electron chi connectivity index (χ0n) is 21.1. The van der Waals surface area contributed by atoms with Crippen LogP contribution in [-0.4, -0.2) is 47.6 Å². The first kappa shape index (κ1) is 30.6. The number of alkyl halides is 3. The van der Waals surface area contributed by atoms with Gasteiger partial charge in [-0.25, -0.2) is 31.4 Å². The van der Waals surface area contributed by atoms with E-state index in [2.05, 4.69) is 19.9 Å². The molecule has 0 radical (unpaired) electrons. The van der Waals surface area contributed by atoms with E-state index in [4.69, 9.17) is 9.90 Å². The summed E-state index contributed by atoms with van der Waals surface area (Å²) < 4.78 is 103. The van der Waals surface area contributed by atoms with Crippen LogP contribution >= 0.6 is 11.3 Å². The number of carboxylic acids is 1. The fraction of sp³-hybridized carbons (Fsp3) is 0.360. The van der Waals surface area contributed by atoms with Gasteiger partial charge in [-0.15, -0.1) is 11.3 Å². The van der Waals surface area contributed by atoms with Gasteiger partial charge in [0.05, 0.1) is 5.51 Å². The second kappa shape index (κ2) is 12.2. The minimum atomic E-state index is -5.08. The lowest BCUT2D eigenvalue weighted by Crippen LogP contribution is -2.28. The van der Waals surface area contributed by atoms with Crippen molar-refractivity contribution in [3.05, 3.63) is 69.8 Å². The lowest BCUT2D eigenvalue weighted by molar-refractivity contribution is -0.192. The van der Waals surface area contributed by atoms with Crippen molar-refractivity contribution in [1.29, 1.82) is 0 Å². The highest BCUT2D eigenvalue weighted by Crippen LogP contribution is 2.39. The largest absolute Gasteiger partial charge is 0.490 e. The molecule has 2 saturated heterocycles. The van der Waals surface area contributed by atoms with Crippen molar-refractivity contribution >= 4 is 38.8 Å². The zero-order valence-corrected chi connectivity index (χ0v) is 22.7. The molecule has 41 heavy (non-hydrogen) atoms. The molecule has 3 N–H and O–H groups in total. The number of hydrogen-bond donors (Lipinski definition) is 3. The summed E-state index contributed by atoms with van der Waals surface area (Å²) in [5.74, 6) is -5.69. The van der Waals surface area contributed by atoms with Gasteiger partial charge in [0.2, 0.25) is 0 Å². The predicted octanol–water partition coefficient (Wildman–Crippen LogP) is 5.73. The maximum absolute atomic E-state index is 14.7. The number of hydrogen-bond acceptors (Lipinski definition) is 7. The molecule has 0 aliphatic carbocycles. The Morgan fingerprint density at radius 3 is 2.15 bits per heavy atom. The zero-order chi connectivity index (χ0) is 29.9. The van der Waals surface area contributed by atoms with Gasteiger partial charge in [0.1, 0.15) is 17.5 Å². The minimum absolute atomic E-state index is 0.00717. The maximum atomic E-state index is 14.7. The topological polar surface area (TPSA) is 112 Å². The molecule has 0 amide bonds. The van der Waals surface area contributed by atoms with Gasteiger partial charge in [0.15, 0.2) is 10.7 Å². The molecule has 2 fully saturated rings. The average molecular weight is 623 g/mol. The van der Waals surface area contributed by atoms with Crippen LogP contribution in [0.25, 0.3) is 0 Å². The number of sulfonamides is 1. The fourth-order valence-electron chi connectivity index (χ4n) is 4.98. The molecule has 0 spiro atoms. The molecule has 2 bridgehead atoms. The van der Waals surface area contributed by atoms with Crippen LogP contribution in [-0.2, 0) is 27.9 Å². The SMILES string of the molecule is O=C(O)C(F)(F)F.O=S(=O)(Nc1cscn1)c1c(F)cc(NCc2c(F)cccc2CN2C3CCC2CC3)cc1F. The van der Waals surface area contributed by atoms with Crippen LogP contribution < -0.4 is 10.0 Å². The van der Waals surface area contributed by atoms with E-state index in [1.807, 2.05) is 6.07 Å². The van der Waals surface area contributed by atoms with Crippen LogP contribution in [0.5, 0.6) is 0 Å². The number of anilines is 2. The van der Waals surface area contributed by atoms with Crippen molar-refractivity contribution in [3.63, 3.8) is 0 Å². The van der Waals surface area contributed by atoms with Crippen molar-refractivity contribution in [2.24, 2.45) is 0 Å². The molecule has 2 aromatic carbocycles. The van der Waals surface area contributed by atoms with Crippen molar-refractivity contribution in [3.8, 4) is 0 Å². The first-order valence-electron chi connectivity index (χ1n) is 12.2. The van der Waals surface area contributed by atoms with Gasteiger partial charge >= 0.3 is 12.1 Å². The first-order chi connectivity index (χ1) is 19.3. The third-order valence-electron chi connectivity index (χ3n) is 6.82. The smallest absolute Gasteiger partial charge is 0.475 e. The van der Waals surface area contributed by atoms with Gasteiger partial charge in [0.25, 0.3) is 10.0 Å². The Bertz CT molecular complexity index is 1460. The summed E-state index contributed by atoms with van der Waals surface area (Å²) in [7, 11) is -4.51. The Kier molecular flexibility index (Phi) is 9.13. The second-order valence-corrected chi connectivity index (χ2v) is 11.8. The Morgan fingerprint density at radius 2 is 1.63 bits per heavy atom. The maximum Gasteiger partial charge on any atom is 0.490 e. The van der Waals surface area contributed by atoms with Crippen LogP contribution in [0.15, 0.2) is 46.1 Å². The molecular formula is C25H24F6N4O4S2. The lowest BCUT2D eigenvalue weighted by Gasteiger charge is -2.23. The summed E-state index contributed by atoms with van der Waals surface area (Å²) in [5, 5.41) is 11.4. The number of nitrogens with one attached hydrogen (secondary N) is 2. The first-order valence-corrected chi connectivity index (χ1v) is 14.6. The van der Waals surface area contributed by atoms with Gasteiger partial charge in [-0.1, -0.05) is 12.1 Å². The molecule has 16 heteroatoms. The summed E-state index contributed by atoms with van der Waals surface area (Å²) in [4.78, 5) is 14.0. The Balaban J connectivity index is 0.000000493. The number of carboxylic acid groups (broad SMARTS) is 1. The molecule has 1 aromatic heterocycles. The molecule has 3 heterocycles. The summed E-state index contributed by atoms with van der Waals surface area (Å²) in [6.07, 6.45) is -0.422. The summed E-state index contributed by atoms with van der Waals surface area (Å²) in [6, 6.07) is 7.74. The van der Waals surface area contributed by atoms with Crippen molar-refractivity contribution in [2.75, 3.05) is 10.0 Å². The third-order valence-corrected chi connectivity index (χ3v) is 8.81. The molecule has 0 atom stereocenters. The van der Waals surface area contributed by atoms with Crippen LogP contribution in [0.4, 0.5) is 37.8 Å². The number of aromatic nitrogens is 1. The van der Waals surface area contributed by atoms with Crippen LogP contribution in [0.2, 0.25) is 0 Å². The van der Waals surface area contributed by atoms with E-state index in [0.29, 0.717) is 24.2 Å². The Morgan fingerprint density at radius 1 is 1.05 bits per heavy atom. The summed E-state index contributed by atoms with van der Waals surface area (Å²) >= 11 is 1.14. The molecule has 5 rings (SSSR count). The number of carbonyl (C=O) groups is 1. The standard InChI is InChI=1S/C23H23F3N4O2S2.C2HF3O2/c24-19-3-1-2-14(11-30-16-4-5-17(30)7-6-16)18(19)10-27-15-8-20(25)23(21(26)9-15)34(31,32)29-22-12-33-13-28-22;3-2(4,5)1(6)7/h1-3,8-9,12-13,16-17,27,29H,4-7,10-11H2;(H,6,7). The van der Waals surface area contributed by atoms with E-state index in [9.17, 15) is 34.8 Å². The number of halogens is 6. The predicted molar refractivity (Wildman–Crippen MR) is 138 cm³/mol. The number of nitrogens with zero attached hydrogens (tertiary/aromatic N) is 2. The molecule has 2 aliphatic heterocycles.